The summed E-state index contributed by atoms with van der Waals surface area (Å²) in [5.74, 6) is -3.30. The van der Waals surface area contributed by atoms with E-state index in [2.05, 4.69) is 5.32 Å². The molecule has 0 bridgehead atoms. The highest BCUT2D eigenvalue weighted by Crippen LogP contribution is 2.44. The molecule has 1 saturated carbocycles. The highest BCUT2D eigenvalue weighted by atomic mass is 19.4. The number of alkyl halides is 3. The SMILES string of the molecule is O=C(NC1CCC(C(=O)NC(CC(F)(F)F)C(=O)O)C1)OCC1c2ccccc2-c2ccccc21. The number of alkyl carbamates (subject to hydrolysis) is 1. The monoisotopic (exact) mass is 490 g/mol. The Labute approximate surface area is 199 Å². The molecular weight excluding hydrogens is 465 g/mol. The number of amides is 2. The van der Waals surface area contributed by atoms with Gasteiger partial charge in [0.15, 0.2) is 0 Å². The Bertz CT molecular complexity index is 1070. The summed E-state index contributed by atoms with van der Waals surface area (Å²) in [4.78, 5) is 35.9. The van der Waals surface area contributed by atoms with Crippen LogP contribution in [-0.4, -0.2) is 47.9 Å². The summed E-state index contributed by atoms with van der Waals surface area (Å²) in [5, 5.41) is 13.7. The van der Waals surface area contributed by atoms with Gasteiger partial charge in [0.1, 0.15) is 12.6 Å². The molecule has 35 heavy (non-hydrogen) atoms. The minimum absolute atomic E-state index is 0.100. The number of hydrogen-bond donors (Lipinski definition) is 3. The third-order valence-electron chi connectivity index (χ3n) is 6.52. The van der Waals surface area contributed by atoms with Crippen LogP contribution >= 0.6 is 0 Å². The second kappa shape index (κ2) is 9.97. The predicted molar refractivity (Wildman–Crippen MR) is 120 cm³/mol. The molecule has 2 aliphatic carbocycles. The standard InChI is InChI=1S/C25H25F3N2O5/c26-25(27,28)12-21(23(32)33)30-22(31)14-9-10-15(11-14)29-24(34)35-13-20-18-7-3-1-5-16(18)17-6-2-4-8-19(17)20/h1-8,14-15,20-21H,9-13H2,(H,29,34)(H,30,31)(H,32,33). The Kier molecular flexibility index (Phi) is 7.00. The number of nitrogens with one attached hydrogen (secondary N) is 2. The summed E-state index contributed by atoms with van der Waals surface area (Å²) in [7, 11) is 0. The van der Waals surface area contributed by atoms with Gasteiger partial charge in [0.05, 0.1) is 6.42 Å². The molecule has 4 rings (SSSR count). The van der Waals surface area contributed by atoms with Gasteiger partial charge >= 0.3 is 18.2 Å². The molecule has 3 unspecified atom stereocenters. The number of carbonyl (C=O) groups excluding carboxylic acids is 2. The molecule has 0 aliphatic heterocycles. The first-order valence-corrected chi connectivity index (χ1v) is 11.3. The van der Waals surface area contributed by atoms with Crippen LogP contribution in [0.3, 0.4) is 0 Å². The van der Waals surface area contributed by atoms with Crippen molar-refractivity contribution in [3.8, 4) is 11.1 Å². The number of hydrogen-bond acceptors (Lipinski definition) is 4. The van der Waals surface area contributed by atoms with Gasteiger partial charge in [0.2, 0.25) is 5.91 Å². The van der Waals surface area contributed by atoms with Crippen molar-refractivity contribution in [3.63, 3.8) is 0 Å². The number of carbonyl (C=O) groups is 3. The lowest BCUT2D eigenvalue weighted by molar-refractivity contribution is -0.160. The smallest absolute Gasteiger partial charge is 0.407 e. The average Bonchev–Trinajstić information content (AvgIpc) is 3.39. The third kappa shape index (κ3) is 5.75. The maximum Gasteiger partial charge on any atom is 0.407 e. The van der Waals surface area contributed by atoms with Crippen LogP contribution in [0.1, 0.15) is 42.7 Å². The molecule has 0 aromatic heterocycles. The number of rotatable bonds is 7. The second-order valence-electron chi connectivity index (χ2n) is 8.90. The van der Waals surface area contributed by atoms with Crippen molar-refractivity contribution in [1.29, 1.82) is 0 Å². The van der Waals surface area contributed by atoms with E-state index in [1.807, 2.05) is 53.8 Å². The molecule has 3 N–H and O–H groups in total. The number of aliphatic carboxylic acids is 1. The summed E-state index contributed by atoms with van der Waals surface area (Å²) in [5.41, 5.74) is 4.36. The van der Waals surface area contributed by atoms with Crippen molar-refractivity contribution >= 4 is 18.0 Å². The molecule has 186 valence electrons. The average molecular weight is 490 g/mol. The lowest BCUT2D eigenvalue weighted by atomic mass is 9.98. The Morgan fingerprint density at radius 2 is 1.60 bits per heavy atom. The van der Waals surface area contributed by atoms with Crippen LogP contribution in [0.25, 0.3) is 11.1 Å². The Morgan fingerprint density at radius 3 is 2.17 bits per heavy atom. The second-order valence-corrected chi connectivity index (χ2v) is 8.90. The zero-order chi connectivity index (χ0) is 25.2. The molecular formula is C25H25F3N2O5. The van der Waals surface area contributed by atoms with E-state index in [1.165, 1.54) is 0 Å². The zero-order valence-corrected chi connectivity index (χ0v) is 18.7. The van der Waals surface area contributed by atoms with Gasteiger partial charge < -0.3 is 20.5 Å². The van der Waals surface area contributed by atoms with E-state index in [0.717, 1.165) is 22.3 Å². The van der Waals surface area contributed by atoms with Gasteiger partial charge in [0.25, 0.3) is 0 Å². The van der Waals surface area contributed by atoms with Crippen LogP contribution in [-0.2, 0) is 14.3 Å². The van der Waals surface area contributed by atoms with Crippen molar-refractivity contribution in [1.82, 2.24) is 10.6 Å². The van der Waals surface area contributed by atoms with Gasteiger partial charge in [-0.2, -0.15) is 13.2 Å². The van der Waals surface area contributed by atoms with Crippen LogP contribution in [0.5, 0.6) is 0 Å². The van der Waals surface area contributed by atoms with Crippen molar-refractivity contribution in [2.75, 3.05) is 6.61 Å². The summed E-state index contributed by atoms with van der Waals surface area (Å²) >= 11 is 0. The highest BCUT2D eigenvalue weighted by Gasteiger charge is 2.39. The normalized spacial score (nSPS) is 20.0. The number of carboxylic acid groups (broad SMARTS) is 1. The largest absolute Gasteiger partial charge is 0.480 e. The topological polar surface area (TPSA) is 105 Å². The Hall–Kier alpha value is -3.56. The first kappa shape index (κ1) is 24.6. The Morgan fingerprint density at radius 1 is 1.00 bits per heavy atom. The van der Waals surface area contributed by atoms with Crippen LogP contribution < -0.4 is 10.6 Å². The third-order valence-corrected chi connectivity index (χ3v) is 6.52. The predicted octanol–water partition coefficient (Wildman–Crippen LogP) is 4.22. The van der Waals surface area contributed by atoms with Gasteiger partial charge in [0, 0.05) is 17.9 Å². The molecule has 10 heteroatoms. The fourth-order valence-electron chi connectivity index (χ4n) is 4.88. The summed E-state index contributed by atoms with van der Waals surface area (Å²) in [6, 6.07) is 13.4. The van der Waals surface area contributed by atoms with Crippen molar-refractivity contribution in [2.45, 2.75) is 49.9 Å². The van der Waals surface area contributed by atoms with Crippen LogP contribution in [0.2, 0.25) is 0 Å². The van der Waals surface area contributed by atoms with Crippen molar-refractivity contribution in [3.05, 3.63) is 59.7 Å². The maximum atomic E-state index is 12.6. The minimum Gasteiger partial charge on any atom is -0.480 e. The molecule has 3 atom stereocenters. The van der Waals surface area contributed by atoms with Gasteiger partial charge in [-0.3, -0.25) is 4.79 Å². The molecule has 0 heterocycles. The molecule has 2 aliphatic rings. The molecule has 0 radical (unpaired) electrons. The summed E-state index contributed by atoms with van der Waals surface area (Å²) in [6.07, 6.45) is -6.08. The maximum absolute atomic E-state index is 12.6. The number of ether oxygens (including phenoxy) is 1. The van der Waals surface area contributed by atoms with E-state index in [9.17, 15) is 27.6 Å². The Balaban J connectivity index is 1.29. The number of fused-ring (bicyclic) bond motifs is 3. The first-order valence-electron chi connectivity index (χ1n) is 11.3. The molecule has 7 nitrogen and oxygen atoms in total. The van der Waals surface area contributed by atoms with Gasteiger partial charge in [-0.25, -0.2) is 9.59 Å². The van der Waals surface area contributed by atoms with Crippen LogP contribution in [0.15, 0.2) is 48.5 Å². The van der Waals surface area contributed by atoms with E-state index in [4.69, 9.17) is 9.84 Å². The lowest BCUT2D eigenvalue weighted by Crippen LogP contribution is -2.45. The summed E-state index contributed by atoms with van der Waals surface area (Å²) < 4.78 is 43.2. The lowest BCUT2D eigenvalue weighted by Gasteiger charge is -2.19. The first-order chi connectivity index (χ1) is 16.6. The minimum atomic E-state index is -4.72. The molecule has 0 saturated heterocycles. The molecule has 0 spiro atoms. The number of halogens is 3. The fourth-order valence-corrected chi connectivity index (χ4v) is 4.88. The van der Waals surface area contributed by atoms with Crippen LogP contribution in [0, 0.1) is 5.92 Å². The molecule has 2 amide bonds. The van der Waals surface area contributed by atoms with E-state index in [1.54, 1.807) is 0 Å². The van der Waals surface area contributed by atoms with E-state index in [0.29, 0.717) is 12.8 Å². The van der Waals surface area contributed by atoms with Gasteiger partial charge in [-0.15, -0.1) is 0 Å². The van der Waals surface area contributed by atoms with Crippen molar-refractivity contribution in [2.24, 2.45) is 5.92 Å². The number of carboxylic acids is 1. The van der Waals surface area contributed by atoms with E-state index in [-0.39, 0.29) is 18.9 Å². The number of benzene rings is 2. The van der Waals surface area contributed by atoms with Gasteiger partial charge in [-0.1, -0.05) is 48.5 Å². The molecule has 2 aromatic carbocycles. The molecule has 1 fully saturated rings. The fraction of sp³-hybridized carbons (Fsp3) is 0.400. The van der Waals surface area contributed by atoms with Crippen LogP contribution in [0.4, 0.5) is 18.0 Å². The summed E-state index contributed by atoms with van der Waals surface area (Å²) in [6.45, 7) is 0.133. The van der Waals surface area contributed by atoms with E-state index >= 15 is 0 Å². The highest BCUT2D eigenvalue weighted by molar-refractivity contribution is 5.85. The quantitative estimate of drug-likeness (QED) is 0.539. The zero-order valence-electron chi connectivity index (χ0n) is 18.7. The molecule has 2 aromatic rings. The van der Waals surface area contributed by atoms with Gasteiger partial charge in [-0.05, 0) is 41.5 Å². The van der Waals surface area contributed by atoms with E-state index < -0.39 is 48.6 Å². The van der Waals surface area contributed by atoms with Crippen molar-refractivity contribution < 1.29 is 37.4 Å².